The SMILES string of the molecule is N#Cc1cc(C2CC2)cn2cc(COc3ccnc(Br)c3)nc12. The molecule has 6 heteroatoms. The van der Waals surface area contributed by atoms with Gasteiger partial charge >= 0.3 is 0 Å². The molecule has 3 heterocycles. The number of fused-ring (bicyclic) bond motifs is 1. The predicted molar refractivity (Wildman–Crippen MR) is 88.2 cm³/mol. The molecule has 1 fully saturated rings. The third kappa shape index (κ3) is 2.92. The van der Waals surface area contributed by atoms with Crippen molar-refractivity contribution in [1.82, 2.24) is 14.4 Å². The summed E-state index contributed by atoms with van der Waals surface area (Å²) in [5.41, 5.74) is 3.32. The number of pyridine rings is 2. The van der Waals surface area contributed by atoms with Gasteiger partial charge < -0.3 is 9.14 Å². The summed E-state index contributed by atoms with van der Waals surface area (Å²) < 4.78 is 8.40. The maximum atomic E-state index is 9.36. The zero-order chi connectivity index (χ0) is 15.8. The van der Waals surface area contributed by atoms with Crippen LogP contribution in [-0.2, 0) is 6.61 Å². The first-order valence-electron chi connectivity index (χ1n) is 7.39. The van der Waals surface area contributed by atoms with E-state index in [1.807, 2.05) is 22.7 Å². The largest absolute Gasteiger partial charge is 0.487 e. The first-order chi connectivity index (χ1) is 11.2. The fourth-order valence-electron chi connectivity index (χ4n) is 2.59. The lowest BCUT2D eigenvalue weighted by Gasteiger charge is -2.03. The van der Waals surface area contributed by atoms with Crippen molar-refractivity contribution >= 4 is 21.6 Å². The quantitative estimate of drug-likeness (QED) is 0.656. The lowest BCUT2D eigenvalue weighted by molar-refractivity contribution is 0.301. The smallest absolute Gasteiger partial charge is 0.155 e. The van der Waals surface area contributed by atoms with Crippen LogP contribution >= 0.6 is 15.9 Å². The second-order valence-electron chi connectivity index (χ2n) is 5.64. The van der Waals surface area contributed by atoms with Gasteiger partial charge in [0, 0.05) is 24.7 Å². The van der Waals surface area contributed by atoms with E-state index in [2.05, 4.69) is 38.2 Å². The van der Waals surface area contributed by atoms with Crippen molar-refractivity contribution in [3.8, 4) is 11.8 Å². The van der Waals surface area contributed by atoms with E-state index in [4.69, 9.17) is 4.74 Å². The standard InChI is InChI=1S/C17H13BrN4O/c18-16-6-15(3-4-20-16)23-10-14-9-22-8-13(11-1-2-11)5-12(7-19)17(22)21-14/h3-6,8-9,11H,1-2,10H2. The van der Waals surface area contributed by atoms with Crippen LogP contribution in [0.2, 0.25) is 0 Å². The Labute approximate surface area is 141 Å². The van der Waals surface area contributed by atoms with Gasteiger partial charge in [0.15, 0.2) is 5.65 Å². The van der Waals surface area contributed by atoms with E-state index in [1.165, 1.54) is 18.4 Å². The second-order valence-corrected chi connectivity index (χ2v) is 6.45. The van der Waals surface area contributed by atoms with E-state index in [0.717, 1.165) is 16.0 Å². The number of imidazole rings is 1. The fourth-order valence-corrected chi connectivity index (χ4v) is 2.94. The summed E-state index contributed by atoms with van der Waals surface area (Å²) in [6, 6.07) is 7.82. The van der Waals surface area contributed by atoms with Crippen molar-refractivity contribution in [2.75, 3.05) is 0 Å². The van der Waals surface area contributed by atoms with Gasteiger partial charge in [0.1, 0.15) is 23.0 Å². The van der Waals surface area contributed by atoms with Crippen molar-refractivity contribution in [2.24, 2.45) is 0 Å². The number of nitriles is 1. The molecule has 0 aliphatic heterocycles. The molecule has 3 aromatic heterocycles. The average Bonchev–Trinajstić information content (AvgIpc) is 3.32. The van der Waals surface area contributed by atoms with Gasteiger partial charge in [-0.1, -0.05) is 0 Å². The zero-order valence-corrected chi connectivity index (χ0v) is 13.8. The van der Waals surface area contributed by atoms with Crippen LogP contribution in [0.25, 0.3) is 5.65 Å². The lowest BCUT2D eigenvalue weighted by Crippen LogP contribution is -1.95. The minimum Gasteiger partial charge on any atom is -0.487 e. The second kappa shape index (κ2) is 5.67. The molecule has 3 aromatic rings. The number of halogens is 1. The van der Waals surface area contributed by atoms with Crippen molar-refractivity contribution in [1.29, 1.82) is 5.26 Å². The Hall–Kier alpha value is -2.39. The topological polar surface area (TPSA) is 63.2 Å². The highest BCUT2D eigenvalue weighted by Crippen LogP contribution is 2.40. The summed E-state index contributed by atoms with van der Waals surface area (Å²) in [6.07, 6.45) is 8.10. The normalized spacial score (nSPS) is 13.9. The van der Waals surface area contributed by atoms with E-state index in [9.17, 15) is 5.26 Å². The van der Waals surface area contributed by atoms with Crippen LogP contribution < -0.4 is 4.74 Å². The minimum atomic E-state index is 0.349. The number of rotatable bonds is 4. The number of hydrogen-bond acceptors (Lipinski definition) is 4. The number of ether oxygens (including phenoxy) is 1. The number of nitrogens with zero attached hydrogens (tertiary/aromatic N) is 4. The molecule has 0 radical (unpaired) electrons. The van der Waals surface area contributed by atoms with E-state index in [1.54, 1.807) is 12.3 Å². The Kier molecular flexibility index (Phi) is 3.50. The van der Waals surface area contributed by atoms with Crippen LogP contribution in [0.5, 0.6) is 5.75 Å². The van der Waals surface area contributed by atoms with Gasteiger partial charge in [-0.05, 0) is 52.4 Å². The first-order valence-corrected chi connectivity index (χ1v) is 8.18. The highest BCUT2D eigenvalue weighted by atomic mass is 79.9. The Morgan fingerprint density at radius 1 is 1.35 bits per heavy atom. The van der Waals surface area contributed by atoms with Crippen molar-refractivity contribution < 1.29 is 4.74 Å². The maximum absolute atomic E-state index is 9.36. The monoisotopic (exact) mass is 368 g/mol. The highest BCUT2D eigenvalue weighted by molar-refractivity contribution is 9.10. The van der Waals surface area contributed by atoms with E-state index in [0.29, 0.717) is 23.7 Å². The predicted octanol–water partition coefficient (Wildman–Crippen LogP) is 3.82. The molecule has 0 bridgehead atoms. The Balaban J connectivity index is 1.62. The summed E-state index contributed by atoms with van der Waals surface area (Å²) in [4.78, 5) is 8.60. The van der Waals surface area contributed by atoms with Gasteiger partial charge in [-0.3, -0.25) is 0 Å². The first kappa shape index (κ1) is 14.2. The van der Waals surface area contributed by atoms with Gasteiger partial charge in [0.05, 0.1) is 11.3 Å². The van der Waals surface area contributed by atoms with E-state index >= 15 is 0 Å². The van der Waals surface area contributed by atoms with Crippen molar-refractivity contribution in [2.45, 2.75) is 25.4 Å². The van der Waals surface area contributed by atoms with Crippen LogP contribution in [0.1, 0.15) is 35.6 Å². The Morgan fingerprint density at radius 3 is 2.96 bits per heavy atom. The van der Waals surface area contributed by atoms with Crippen LogP contribution in [0.3, 0.4) is 0 Å². The van der Waals surface area contributed by atoms with Crippen molar-refractivity contribution in [3.05, 3.63) is 58.2 Å². The molecule has 0 saturated heterocycles. The van der Waals surface area contributed by atoms with Crippen LogP contribution in [-0.4, -0.2) is 14.4 Å². The molecule has 4 rings (SSSR count). The molecular weight excluding hydrogens is 356 g/mol. The molecule has 5 nitrogen and oxygen atoms in total. The summed E-state index contributed by atoms with van der Waals surface area (Å²) in [6.45, 7) is 0.349. The molecule has 23 heavy (non-hydrogen) atoms. The lowest BCUT2D eigenvalue weighted by atomic mass is 10.1. The summed E-state index contributed by atoms with van der Waals surface area (Å²) in [7, 11) is 0. The molecular formula is C17H13BrN4O. The van der Waals surface area contributed by atoms with Crippen LogP contribution in [0, 0.1) is 11.3 Å². The molecule has 0 atom stereocenters. The molecule has 0 amide bonds. The molecule has 0 unspecified atom stereocenters. The molecule has 1 aliphatic carbocycles. The Morgan fingerprint density at radius 2 is 2.22 bits per heavy atom. The molecule has 0 N–H and O–H groups in total. The van der Waals surface area contributed by atoms with Gasteiger partial charge in [-0.15, -0.1) is 0 Å². The molecule has 0 spiro atoms. The summed E-state index contributed by atoms with van der Waals surface area (Å²) in [5.74, 6) is 1.32. The summed E-state index contributed by atoms with van der Waals surface area (Å²) >= 11 is 3.32. The highest BCUT2D eigenvalue weighted by Gasteiger charge is 2.25. The molecule has 0 aromatic carbocycles. The molecule has 114 valence electrons. The Bertz CT molecular complexity index is 924. The maximum Gasteiger partial charge on any atom is 0.155 e. The minimum absolute atomic E-state index is 0.349. The molecule has 1 aliphatic rings. The zero-order valence-electron chi connectivity index (χ0n) is 12.2. The van der Waals surface area contributed by atoms with Gasteiger partial charge in [0.2, 0.25) is 0 Å². The number of aromatic nitrogens is 3. The summed E-state index contributed by atoms with van der Waals surface area (Å²) in [5, 5.41) is 9.36. The third-order valence-corrected chi connectivity index (χ3v) is 4.31. The van der Waals surface area contributed by atoms with Crippen LogP contribution in [0.4, 0.5) is 0 Å². The van der Waals surface area contributed by atoms with E-state index < -0.39 is 0 Å². The van der Waals surface area contributed by atoms with Gasteiger partial charge in [-0.25, -0.2) is 9.97 Å². The third-order valence-electron chi connectivity index (χ3n) is 3.88. The average molecular weight is 369 g/mol. The molecule has 1 saturated carbocycles. The van der Waals surface area contributed by atoms with Gasteiger partial charge in [-0.2, -0.15) is 5.26 Å². The number of hydrogen-bond donors (Lipinski definition) is 0. The van der Waals surface area contributed by atoms with E-state index in [-0.39, 0.29) is 0 Å². The van der Waals surface area contributed by atoms with Gasteiger partial charge in [0.25, 0.3) is 0 Å². The van der Waals surface area contributed by atoms with Crippen LogP contribution in [0.15, 0.2) is 41.4 Å². The van der Waals surface area contributed by atoms with Crippen molar-refractivity contribution in [3.63, 3.8) is 0 Å². The fraction of sp³-hybridized carbons (Fsp3) is 0.235.